The monoisotopic (exact) mass is 484 g/mol. The molecule has 2 aromatic heterocycles. The van der Waals surface area contributed by atoms with Gasteiger partial charge in [-0.15, -0.1) is 0 Å². The molecule has 1 saturated heterocycles. The molecule has 0 saturated carbocycles. The van der Waals surface area contributed by atoms with E-state index in [0.29, 0.717) is 0 Å². The van der Waals surface area contributed by atoms with Crippen LogP contribution in [0.2, 0.25) is 0 Å². The van der Waals surface area contributed by atoms with E-state index in [1.807, 2.05) is 47.8 Å². The van der Waals surface area contributed by atoms with E-state index >= 15 is 0 Å². The van der Waals surface area contributed by atoms with Gasteiger partial charge in [-0.1, -0.05) is 18.2 Å². The van der Waals surface area contributed by atoms with E-state index in [4.69, 9.17) is 5.10 Å². The summed E-state index contributed by atoms with van der Waals surface area (Å²) in [7, 11) is 0. The summed E-state index contributed by atoms with van der Waals surface area (Å²) >= 11 is 3.48. The fourth-order valence-electron chi connectivity index (χ4n) is 4.11. The number of benzene rings is 1. The summed E-state index contributed by atoms with van der Waals surface area (Å²) in [5.74, 6) is 0.124. The lowest BCUT2D eigenvalue weighted by atomic mass is 10.1. The summed E-state index contributed by atoms with van der Waals surface area (Å²) in [5, 5.41) is 9.21. The van der Waals surface area contributed by atoms with Gasteiger partial charge in [0.15, 0.2) is 0 Å². The van der Waals surface area contributed by atoms with Crippen molar-refractivity contribution in [3.63, 3.8) is 0 Å². The van der Waals surface area contributed by atoms with E-state index in [-0.39, 0.29) is 11.9 Å². The van der Waals surface area contributed by atoms with Crippen molar-refractivity contribution in [1.82, 2.24) is 29.4 Å². The molecular weight excluding hydrogens is 456 g/mol. The highest BCUT2D eigenvalue weighted by atomic mass is 79.9. The number of rotatable bonds is 5. The topological polar surface area (TPSA) is 59.2 Å². The Bertz CT molecular complexity index is 1050. The lowest BCUT2D eigenvalue weighted by Gasteiger charge is -2.36. The van der Waals surface area contributed by atoms with Crippen LogP contribution in [-0.4, -0.2) is 61.4 Å². The Morgan fingerprint density at radius 1 is 1.03 bits per heavy atom. The second-order valence-corrected chi connectivity index (χ2v) is 9.07. The molecule has 3 heterocycles. The molecule has 8 heteroatoms. The van der Waals surface area contributed by atoms with Crippen molar-refractivity contribution < 1.29 is 4.79 Å². The number of nitrogens with zero attached hydrogens (tertiary/aromatic N) is 6. The molecular formula is C23H29BrN6O. The zero-order valence-corrected chi connectivity index (χ0v) is 20.1. The summed E-state index contributed by atoms with van der Waals surface area (Å²) < 4.78 is 4.70. The zero-order chi connectivity index (χ0) is 22.1. The van der Waals surface area contributed by atoms with Crippen LogP contribution in [0.4, 0.5) is 0 Å². The minimum Gasteiger partial charge on any atom is -0.338 e. The highest BCUT2D eigenvalue weighted by Crippen LogP contribution is 2.22. The van der Waals surface area contributed by atoms with E-state index in [2.05, 4.69) is 51.9 Å². The number of aryl methyl sites for hydroxylation is 2. The Morgan fingerprint density at radius 3 is 2.32 bits per heavy atom. The second kappa shape index (κ2) is 8.96. The van der Waals surface area contributed by atoms with Gasteiger partial charge in [0, 0.05) is 50.2 Å². The predicted molar refractivity (Wildman–Crippen MR) is 124 cm³/mol. The normalized spacial score (nSPS) is 16.0. The van der Waals surface area contributed by atoms with Gasteiger partial charge in [-0.3, -0.25) is 14.4 Å². The molecule has 0 bridgehead atoms. The van der Waals surface area contributed by atoms with Crippen molar-refractivity contribution in [2.75, 3.05) is 26.2 Å². The van der Waals surface area contributed by atoms with Crippen molar-refractivity contribution in [3.05, 3.63) is 63.6 Å². The third kappa shape index (κ3) is 4.45. The summed E-state index contributed by atoms with van der Waals surface area (Å²) in [6.07, 6.45) is 1.88. The fraction of sp³-hybridized carbons (Fsp3) is 0.435. The first-order valence-corrected chi connectivity index (χ1v) is 11.5. The Balaban J connectivity index is 1.38. The summed E-state index contributed by atoms with van der Waals surface area (Å²) in [5.41, 5.74) is 5.49. The van der Waals surface area contributed by atoms with Crippen LogP contribution in [0.1, 0.15) is 35.6 Å². The lowest BCUT2D eigenvalue weighted by Crippen LogP contribution is -2.50. The van der Waals surface area contributed by atoms with Crippen molar-refractivity contribution in [1.29, 1.82) is 0 Å². The Kier molecular flexibility index (Phi) is 6.29. The largest absolute Gasteiger partial charge is 0.338 e. The molecule has 31 heavy (non-hydrogen) atoms. The molecule has 1 aliphatic heterocycles. The lowest BCUT2D eigenvalue weighted by molar-refractivity contribution is -0.136. The molecule has 1 atom stereocenters. The number of hydrogen-bond donors (Lipinski definition) is 0. The van der Waals surface area contributed by atoms with Crippen LogP contribution in [0.5, 0.6) is 0 Å². The molecule has 0 radical (unpaired) electrons. The van der Waals surface area contributed by atoms with Crippen LogP contribution in [0, 0.1) is 20.8 Å². The Morgan fingerprint density at radius 2 is 1.71 bits per heavy atom. The van der Waals surface area contributed by atoms with Crippen LogP contribution < -0.4 is 0 Å². The maximum atomic E-state index is 13.0. The summed E-state index contributed by atoms with van der Waals surface area (Å²) in [6.45, 7) is 12.1. The molecule has 1 unspecified atom stereocenters. The SMILES string of the molecule is Cc1nn(C(C)C(=O)N2CCN(Cc3c(C)nn(-c4ccccc4)c3C)CC2)cc1Br. The Labute approximate surface area is 191 Å². The van der Waals surface area contributed by atoms with E-state index in [1.165, 1.54) is 11.3 Å². The number of halogens is 1. The average molecular weight is 485 g/mol. The molecule has 0 N–H and O–H groups in total. The number of carbonyl (C=O) groups is 1. The number of hydrogen-bond acceptors (Lipinski definition) is 4. The standard InChI is InChI=1S/C23H29BrN6O/c1-16-21(18(3)30(26-16)20-8-6-5-7-9-20)14-27-10-12-28(13-11-27)23(31)19(4)29-15-22(24)17(2)25-29/h5-9,15,19H,10-14H2,1-4H3. The third-order valence-electron chi connectivity index (χ3n) is 6.12. The smallest absolute Gasteiger partial charge is 0.247 e. The molecule has 0 spiro atoms. The zero-order valence-electron chi connectivity index (χ0n) is 18.5. The quantitative estimate of drug-likeness (QED) is 0.554. The van der Waals surface area contributed by atoms with Crippen molar-refractivity contribution >= 4 is 21.8 Å². The molecule has 1 aliphatic rings. The molecule has 7 nitrogen and oxygen atoms in total. The number of para-hydroxylation sites is 1. The first-order chi connectivity index (χ1) is 14.8. The van der Waals surface area contributed by atoms with Crippen molar-refractivity contribution in [2.45, 2.75) is 40.3 Å². The van der Waals surface area contributed by atoms with Gasteiger partial charge < -0.3 is 4.90 Å². The van der Waals surface area contributed by atoms with Crippen molar-refractivity contribution in [2.24, 2.45) is 0 Å². The van der Waals surface area contributed by atoms with E-state index in [9.17, 15) is 4.79 Å². The highest BCUT2D eigenvalue weighted by molar-refractivity contribution is 9.10. The molecule has 3 aromatic rings. The highest BCUT2D eigenvalue weighted by Gasteiger charge is 2.27. The van der Waals surface area contributed by atoms with Crippen LogP contribution >= 0.6 is 15.9 Å². The van der Waals surface area contributed by atoms with Gasteiger partial charge >= 0.3 is 0 Å². The molecule has 1 amide bonds. The molecule has 1 fully saturated rings. The van der Waals surface area contributed by atoms with Gasteiger partial charge in [0.05, 0.1) is 21.5 Å². The van der Waals surface area contributed by atoms with Gasteiger partial charge in [-0.05, 0) is 55.8 Å². The molecule has 164 valence electrons. The fourth-order valence-corrected chi connectivity index (χ4v) is 4.40. The second-order valence-electron chi connectivity index (χ2n) is 8.22. The van der Waals surface area contributed by atoms with Crippen LogP contribution in [0.15, 0.2) is 41.0 Å². The minimum absolute atomic E-state index is 0.124. The van der Waals surface area contributed by atoms with Gasteiger partial charge in [-0.25, -0.2) is 4.68 Å². The van der Waals surface area contributed by atoms with Crippen LogP contribution in [-0.2, 0) is 11.3 Å². The first kappa shape index (κ1) is 21.8. The predicted octanol–water partition coefficient (Wildman–Crippen LogP) is 3.66. The number of carbonyl (C=O) groups excluding carboxylic acids is 1. The van der Waals surface area contributed by atoms with Crippen LogP contribution in [0.3, 0.4) is 0 Å². The summed E-state index contributed by atoms with van der Waals surface area (Å²) in [4.78, 5) is 17.3. The Hall–Kier alpha value is -2.45. The van der Waals surface area contributed by atoms with Crippen LogP contribution in [0.25, 0.3) is 5.69 Å². The maximum Gasteiger partial charge on any atom is 0.247 e. The maximum absolute atomic E-state index is 13.0. The van der Waals surface area contributed by atoms with E-state index in [0.717, 1.165) is 54.3 Å². The van der Waals surface area contributed by atoms with Gasteiger partial charge in [-0.2, -0.15) is 10.2 Å². The molecule has 4 rings (SSSR count). The number of amides is 1. The summed E-state index contributed by atoms with van der Waals surface area (Å²) in [6, 6.07) is 9.94. The number of aromatic nitrogens is 4. The number of piperazine rings is 1. The van der Waals surface area contributed by atoms with Gasteiger partial charge in [0.1, 0.15) is 6.04 Å². The third-order valence-corrected chi connectivity index (χ3v) is 6.90. The van der Waals surface area contributed by atoms with E-state index in [1.54, 1.807) is 4.68 Å². The molecule has 1 aromatic carbocycles. The van der Waals surface area contributed by atoms with Crippen molar-refractivity contribution in [3.8, 4) is 5.69 Å². The van der Waals surface area contributed by atoms with Gasteiger partial charge in [0.25, 0.3) is 0 Å². The molecule has 0 aliphatic carbocycles. The first-order valence-electron chi connectivity index (χ1n) is 10.7. The minimum atomic E-state index is -0.301. The van der Waals surface area contributed by atoms with Gasteiger partial charge in [0.2, 0.25) is 5.91 Å². The average Bonchev–Trinajstić information content (AvgIpc) is 3.27. The van der Waals surface area contributed by atoms with E-state index < -0.39 is 0 Å².